The van der Waals surface area contributed by atoms with Crippen molar-refractivity contribution >= 4 is 5.91 Å². The predicted octanol–water partition coefficient (Wildman–Crippen LogP) is 1.23. The lowest BCUT2D eigenvalue weighted by Crippen LogP contribution is -2.25. The second kappa shape index (κ2) is 7.17. The van der Waals surface area contributed by atoms with Gasteiger partial charge < -0.3 is 10.1 Å². The molecule has 1 N–H and O–H groups in total. The Morgan fingerprint density at radius 3 is 2.79 bits per heavy atom. The molecule has 2 atom stereocenters. The standard InChI is InChI=1S/C8H16N4O2/c1-6(11-12-9)5-14-7(2)4-8(13)10-3/h6-7H,4-5H2,1-3H3,(H,10,13). The quantitative estimate of drug-likeness (QED) is 0.397. The first-order chi connectivity index (χ1) is 6.60. The molecule has 14 heavy (non-hydrogen) atoms. The molecule has 0 saturated heterocycles. The van der Waals surface area contributed by atoms with Gasteiger partial charge in [-0.1, -0.05) is 12.0 Å². The summed E-state index contributed by atoms with van der Waals surface area (Å²) < 4.78 is 5.30. The molecule has 0 spiro atoms. The van der Waals surface area contributed by atoms with Crippen molar-refractivity contribution in [1.82, 2.24) is 5.32 Å². The van der Waals surface area contributed by atoms with Gasteiger partial charge in [-0.2, -0.15) is 0 Å². The zero-order chi connectivity index (χ0) is 11.0. The molecule has 0 radical (unpaired) electrons. The number of hydrogen-bond donors (Lipinski definition) is 1. The lowest BCUT2D eigenvalue weighted by Gasteiger charge is -2.13. The summed E-state index contributed by atoms with van der Waals surface area (Å²) >= 11 is 0. The van der Waals surface area contributed by atoms with E-state index in [0.29, 0.717) is 13.0 Å². The summed E-state index contributed by atoms with van der Waals surface area (Å²) in [5.41, 5.74) is 8.12. The Morgan fingerprint density at radius 2 is 2.29 bits per heavy atom. The normalized spacial score (nSPS) is 13.9. The van der Waals surface area contributed by atoms with E-state index in [2.05, 4.69) is 15.3 Å². The third-order valence-electron chi connectivity index (χ3n) is 1.62. The lowest BCUT2D eigenvalue weighted by atomic mass is 10.2. The fourth-order valence-electron chi connectivity index (χ4n) is 0.847. The molecule has 0 aromatic heterocycles. The number of hydrogen-bond acceptors (Lipinski definition) is 3. The van der Waals surface area contributed by atoms with Crippen LogP contribution in [0.1, 0.15) is 20.3 Å². The van der Waals surface area contributed by atoms with E-state index >= 15 is 0 Å². The summed E-state index contributed by atoms with van der Waals surface area (Å²) in [5, 5.41) is 5.96. The van der Waals surface area contributed by atoms with Gasteiger partial charge in [0.15, 0.2) is 0 Å². The molecule has 0 aliphatic carbocycles. The number of azide groups is 1. The Morgan fingerprint density at radius 1 is 1.64 bits per heavy atom. The number of rotatable bonds is 6. The molecular weight excluding hydrogens is 184 g/mol. The molecule has 2 unspecified atom stereocenters. The van der Waals surface area contributed by atoms with Crippen LogP contribution in [-0.2, 0) is 9.53 Å². The number of ether oxygens (including phenoxy) is 1. The van der Waals surface area contributed by atoms with Crippen LogP contribution in [0.5, 0.6) is 0 Å². The Hall–Kier alpha value is -1.26. The molecule has 80 valence electrons. The van der Waals surface area contributed by atoms with E-state index < -0.39 is 0 Å². The highest BCUT2D eigenvalue weighted by atomic mass is 16.5. The molecule has 0 saturated carbocycles. The summed E-state index contributed by atoms with van der Waals surface area (Å²) in [6.45, 7) is 3.90. The molecule has 0 rings (SSSR count). The molecule has 0 bridgehead atoms. The predicted molar refractivity (Wildman–Crippen MR) is 52.7 cm³/mol. The third kappa shape index (κ3) is 6.28. The van der Waals surface area contributed by atoms with Gasteiger partial charge in [0.25, 0.3) is 0 Å². The molecule has 0 aliphatic rings. The Labute approximate surface area is 83.3 Å². The fourth-order valence-corrected chi connectivity index (χ4v) is 0.847. The molecular formula is C8H16N4O2. The molecule has 0 aliphatic heterocycles. The van der Waals surface area contributed by atoms with Crippen molar-refractivity contribution in [2.24, 2.45) is 5.11 Å². The fraction of sp³-hybridized carbons (Fsp3) is 0.875. The zero-order valence-electron chi connectivity index (χ0n) is 8.73. The van der Waals surface area contributed by atoms with Gasteiger partial charge in [-0.25, -0.2) is 0 Å². The lowest BCUT2D eigenvalue weighted by molar-refractivity contribution is -0.123. The summed E-state index contributed by atoms with van der Waals surface area (Å²) in [4.78, 5) is 13.6. The van der Waals surface area contributed by atoms with Gasteiger partial charge in [-0.3, -0.25) is 4.79 Å². The van der Waals surface area contributed by atoms with Crippen molar-refractivity contribution in [2.75, 3.05) is 13.7 Å². The van der Waals surface area contributed by atoms with Crippen LogP contribution in [0.15, 0.2) is 5.11 Å². The van der Waals surface area contributed by atoms with Gasteiger partial charge in [0.1, 0.15) is 0 Å². The van der Waals surface area contributed by atoms with Crippen LogP contribution < -0.4 is 5.32 Å². The van der Waals surface area contributed by atoms with Crippen molar-refractivity contribution < 1.29 is 9.53 Å². The molecule has 0 heterocycles. The van der Waals surface area contributed by atoms with E-state index in [1.165, 1.54) is 0 Å². The highest BCUT2D eigenvalue weighted by Gasteiger charge is 2.09. The summed E-state index contributed by atoms with van der Waals surface area (Å²) in [6, 6.07) is -0.202. The number of carbonyl (C=O) groups is 1. The Balaban J connectivity index is 3.67. The minimum absolute atomic E-state index is 0.0612. The molecule has 0 fully saturated rings. The van der Waals surface area contributed by atoms with Crippen LogP contribution in [-0.4, -0.2) is 31.7 Å². The largest absolute Gasteiger partial charge is 0.378 e. The monoisotopic (exact) mass is 200 g/mol. The maximum atomic E-state index is 10.9. The van der Waals surface area contributed by atoms with E-state index in [0.717, 1.165) is 0 Å². The van der Waals surface area contributed by atoms with Crippen molar-refractivity contribution in [3.05, 3.63) is 10.4 Å². The third-order valence-corrected chi connectivity index (χ3v) is 1.62. The average Bonchev–Trinajstić information content (AvgIpc) is 2.15. The van der Waals surface area contributed by atoms with Crippen LogP contribution >= 0.6 is 0 Å². The van der Waals surface area contributed by atoms with Gasteiger partial charge in [0, 0.05) is 12.0 Å². The van der Waals surface area contributed by atoms with E-state index in [1.807, 2.05) is 0 Å². The topological polar surface area (TPSA) is 87.1 Å². The maximum absolute atomic E-state index is 10.9. The summed E-state index contributed by atoms with van der Waals surface area (Å²) in [6.07, 6.45) is 0.158. The van der Waals surface area contributed by atoms with Gasteiger partial charge in [0.2, 0.25) is 5.91 Å². The van der Waals surface area contributed by atoms with Crippen molar-refractivity contribution in [2.45, 2.75) is 32.4 Å². The highest BCUT2D eigenvalue weighted by Crippen LogP contribution is 2.00. The number of nitrogens with one attached hydrogen (secondary N) is 1. The smallest absolute Gasteiger partial charge is 0.222 e. The zero-order valence-corrected chi connectivity index (χ0v) is 8.73. The highest BCUT2D eigenvalue weighted by molar-refractivity contribution is 5.75. The van der Waals surface area contributed by atoms with Crippen LogP contribution in [0.4, 0.5) is 0 Å². The molecule has 0 aromatic carbocycles. The van der Waals surface area contributed by atoms with Gasteiger partial charge >= 0.3 is 0 Å². The second-order valence-corrected chi connectivity index (χ2v) is 3.08. The Bertz CT molecular complexity index is 225. The van der Waals surface area contributed by atoms with E-state index in [9.17, 15) is 4.79 Å². The van der Waals surface area contributed by atoms with Crippen LogP contribution in [0.2, 0.25) is 0 Å². The summed E-state index contributed by atoms with van der Waals surface area (Å²) in [7, 11) is 1.58. The SMILES string of the molecule is CNC(=O)CC(C)OCC(C)N=[N+]=[N-]. The minimum atomic E-state index is -0.202. The Kier molecular flexibility index (Phi) is 6.53. The minimum Gasteiger partial charge on any atom is -0.378 e. The first kappa shape index (κ1) is 12.7. The first-order valence-corrected chi connectivity index (χ1v) is 4.46. The summed E-state index contributed by atoms with van der Waals surface area (Å²) in [5.74, 6) is -0.0612. The number of carbonyl (C=O) groups excluding carboxylic acids is 1. The molecule has 6 nitrogen and oxygen atoms in total. The maximum Gasteiger partial charge on any atom is 0.222 e. The van der Waals surface area contributed by atoms with Gasteiger partial charge in [-0.05, 0) is 12.5 Å². The van der Waals surface area contributed by atoms with E-state index in [4.69, 9.17) is 10.3 Å². The van der Waals surface area contributed by atoms with Gasteiger partial charge in [-0.15, -0.1) is 0 Å². The van der Waals surface area contributed by atoms with Gasteiger partial charge in [0.05, 0.1) is 25.2 Å². The molecule has 0 aromatic rings. The first-order valence-electron chi connectivity index (χ1n) is 4.46. The second-order valence-electron chi connectivity index (χ2n) is 3.08. The van der Waals surface area contributed by atoms with Crippen LogP contribution in [0.25, 0.3) is 10.4 Å². The van der Waals surface area contributed by atoms with Crippen molar-refractivity contribution in [3.63, 3.8) is 0 Å². The number of amides is 1. The molecule has 1 amide bonds. The van der Waals surface area contributed by atoms with Crippen molar-refractivity contribution in [3.8, 4) is 0 Å². The number of nitrogens with zero attached hydrogens (tertiary/aromatic N) is 3. The van der Waals surface area contributed by atoms with Crippen LogP contribution in [0.3, 0.4) is 0 Å². The van der Waals surface area contributed by atoms with Crippen molar-refractivity contribution in [1.29, 1.82) is 0 Å². The van der Waals surface area contributed by atoms with Crippen LogP contribution in [0, 0.1) is 0 Å². The molecule has 6 heteroatoms. The van der Waals surface area contributed by atoms with E-state index in [1.54, 1.807) is 20.9 Å². The van der Waals surface area contributed by atoms with E-state index in [-0.39, 0.29) is 18.1 Å². The average molecular weight is 200 g/mol.